The summed E-state index contributed by atoms with van der Waals surface area (Å²) in [6.45, 7) is 0. The first-order chi connectivity index (χ1) is 9.60. The zero-order chi connectivity index (χ0) is 14.5. The molecule has 0 fully saturated rings. The summed E-state index contributed by atoms with van der Waals surface area (Å²) in [6, 6.07) is 9.36. The summed E-state index contributed by atoms with van der Waals surface area (Å²) in [7, 11) is 0. The molecular weight excluding hydrogens is 258 g/mol. The fourth-order valence-corrected chi connectivity index (χ4v) is 1.55. The van der Waals surface area contributed by atoms with Crippen LogP contribution in [0.15, 0.2) is 36.5 Å². The maximum atomic E-state index is 10.6. The van der Waals surface area contributed by atoms with E-state index in [9.17, 15) is 15.2 Å². The maximum Gasteiger partial charge on any atom is 0.310 e. The summed E-state index contributed by atoms with van der Waals surface area (Å²) in [5.74, 6) is -0.384. The lowest BCUT2D eigenvalue weighted by Gasteiger charge is -1.98. The molecule has 0 aliphatic rings. The number of phenolic OH excluding ortho intramolecular Hbond substituents is 1. The number of rotatable bonds is 3. The van der Waals surface area contributed by atoms with Crippen LogP contribution in [0.4, 0.5) is 5.69 Å². The number of nitro benzene ring substituents is 1. The summed E-state index contributed by atoms with van der Waals surface area (Å²) in [5, 5.41) is 28.7. The molecule has 1 aromatic carbocycles. The highest BCUT2D eigenvalue weighted by molar-refractivity contribution is 5.70. The Morgan fingerprint density at radius 2 is 2.10 bits per heavy atom. The van der Waals surface area contributed by atoms with E-state index in [0.29, 0.717) is 16.8 Å². The molecule has 0 radical (unpaired) electrons. The van der Waals surface area contributed by atoms with E-state index >= 15 is 0 Å². The lowest BCUT2D eigenvalue weighted by Crippen LogP contribution is -1.88. The molecule has 0 aliphatic heterocycles. The van der Waals surface area contributed by atoms with Crippen molar-refractivity contribution in [2.24, 2.45) is 0 Å². The van der Waals surface area contributed by atoms with Gasteiger partial charge in [-0.1, -0.05) is 6.08 Å². The second-order valence-electron chi connectivity index (χ2n) is 3.92. The predicted molar refractivity (Wildman–Crippen MR) is 72.6 cm³/mol. The van der Waals surface area contributed by atoms with Crippen molar-refractivity contribution in [1.29, 1.82) is 5.26 Å². The van der Waals surface area contributed by atoms with E-state index in [4.69, 9.17) is 5.26 Å². The number of hydrogen-bond donors (Lipinski definition) is 1. The van der Waals surface area contributed by atoms with Gasteiger partial charge in [-0.25, -0.2) is 0 Å². The van der Waals surface area contributed by atoms with Crippen molar-refractivity contribution in [1.82, 2.24) is 4.98 Å². The van der Waals surface area contributed by atoms with Crippen molar-refractivity contribution < 1.29 is 10.0 Å². The largest absolute Gasteiger partial charge is 0.502 e. The van der Waals surface area contributed by atoms with Crippen LogP contribution >= 0.6 is 0 Å². The molecule has 0 spiro atoms. The van der Waals surface area contributed by atoms with Gasteiger partial charge in [0.1, 0.15) is 6.07 Å². The van der Waals surface area contributed by atoms with E-state index in [2.05, 4.69) is 4.98 Å². The minimum absolute atomic E-state index is 0.335. The summed E-state index contributed by atoms with van der Waals surface area (Å²) in [4.78, 5) is 14.0. The Bertz CT molecular complexity index is 715. The molecule has 1 N–H and O–H groups in total. The number of nitriles is 1. The molecule has 6 heteroatoms. The number of hydrogen-bond acceptors (Lipinski definition) is 5. The number of pyridine rings is 1. The fraction of sp³-hybridized carbons (Fsp3) is 0. The van der Waals surface area contributed by atoms with Gasteiger partial charge in [0.2, 0.25) is 0 Å². The quantitative estimate of drug-likeness (QED) is 0.680. The van der Waals surface area contributed by atoms with Crippen molar-refractivity contribution >= 4 is 17.8 Å². The molecule has 0 saturated carbocycles. The van der Waals surface area contributed by atoms with Crippen LogP contribution in [0.3, 0.4) is 0 Å². The van der Waals surface area contributed by atoms with E-state index in [-0.39, 0.29) is 11.4 Å². The standard InChI is InChI=1S/C14H9N3O3/c15-8-11-2-5-12(16-9-11)4-1-10-3-6-13(17(19)20)14(18)7-10/h1-7,9,18H/b4-1+. The number of phenols is 1. The molecule has 0 aliphatic carbocycles. The van der Waals surface area contributed by atoms with Gasteiger partial charge in [0.25, 0.3) is 0 Å². The summed E-state index contributed by atoms with van der Waals surface area (Å²) in [6.07, 6.45) is 4.80. The zero-order valence-electron chi connectivity index (χ0n) is 10.2. The molecule has 0 bridgehead atoms. The topological polar surface area (TPSA) is 100 Å². The molecule has 2 rings (SSSR count). The number of nitro groups is 1. The van der Waals surface area contributed by atoms with E-state index in [0.717, 1.165) is 0 Å². The van der Waals surface area contributed by atoms with Gasteiger partial charge in [0, 0.05) is 12.3 Å². The highest BCUT2D eigenvalue weighted by Gasteiger charge is 2.11. The number of aromatic nitrogens is 1. The van der Waals surface area contributed by atoms with Crippen LogP contribution in [0, 0.1) is 21.4 Å². The number of aromatic hydroxyl groups is 1. The molecule has 1 heterocycles. The first kappa shape index (κ1) is 13.2. The minimum Gasteiger partial charge on any atom is -0.502 e. The predicted octanol–water partition coefficient (Wildman–Crippen LogP) is 2.74. The lowest BCUT2D eigenvalue weighted by molar-refractivity contribution is -0.385. The van der Waals surface area contributed by atoms with Gasteiger partial charge in [-0.3, -0.25) is 15.1 Å². The zero-order valence-corrected chi connectivity index (χ0v) is 10.2. The Hall–Kier alpha value is -3.20. The fourth-order valence-electron chi connectivity index (χ4n) is 1.55. The molecule has 0 amide bonds. The molecular formula is C14H9N3O3. The molecule has 2 aromatic rings. The molecule has 0 saturated heterocycles. The van der Waals surface area contributed by atoms with Crippen LogP contribution in [0.5, 0.6) is 5.75 Å². The lowest BCUT2D eigenvalue weighted by atomic mass is 10.1. The molecule has 0 unspecified atom stereocenters. The van der Waals surface area contributed by atoms with Gasteiger partial charge < -0.3 is 5.11 Å². The van der Waals surface area contributed by atoms with Crippen LogP contribution in [0.2, 0.25) is 0 Å². The Morgan fingerprint density at radius 3 is 2.65 bits per heavy atom. The average Bonchev–Trinajstić information content (AvgIpc) is 2.45. The van der Waals surface area contributed by atoms with Gasteiger partial charge in [-0.2, -0.15) is 5.26 Å². The van der Waals surface area contributed by atoms with Gasteiger partial charge >= 0.3 is 5.69 Å². The normalized spacial score (nSPS) is 10.3. The van der Waals surface area contributed by atoms with Crippen LogP contribution in [0.1, 0.15) is 16.8 Å². The van der Waals surface area contributed by atoms with Gasteiger partial charge in [-0.05, 0) is 35.9 Å². The molecule has 98 valence electrons. The van der Waals surface area contributed by atoms with E-state index < -0.39 is 4.92 Å². The highest BCUT2D eigenvalue weighted by Crippen LogP contribution is 2.26. The first-order valence-electron chi connectivity index (χ1n) is 5.62. The molecule has 6 nitrogen and oxygen atoms in total. The third kappa shape index (κ3) is 2.97. The van der Waals surface area contributed by atoms with Gasteiger partial charge in [0.05, 0.1) is 16.2 Å². The number of nitrogens with zero attached hydrogens (tertiary/aromatic N) is 3. The Morgan fingerprint density at radius 1 is 1.30 bits per heavy atom. The third-order valence-corrected chi connectivity index (χ3v) is 2.56. The van der Waals surface area contributed by atoms with E-state index in [1.807, 2.05) is 6.07 Å². The summed E-state index contributed by atoms with van der Waals surface area (Å²) >= 11 is 0. The van der Waals surface area contributed by atoms with Crippen molar-refractivity contribution in [2.75, 3.05) is 0 Å². The van der Waals surface area contributed by atoms with Crippen LogP contribution in [-0.4, -0.2) is 15.0 Å². The van der Waals surface area contributed by atoms with Crippen molar-refractivity contribution in [3.8, 4) is 11.8 Å². The SMILES string of the molecule is N#Cc1ccc(/C=C/c2ccc([N+](=O)[O-])c(O)c2)nc1. The molecule has 20 heavy (non-hydrogen) atoms. The van der Waals surface area contributed by atoms with E-state index in [1.165, 1.54) is 24.4 Å². The van der Waals surface area contributed by atoms with Crippen molar-refractivity contribution in [3.05, 3.63) is 63.5 Å². The minimum atomic E-state index is -0.648. The Balaban J connectivity index is 2.21. The second-order valence-corrected chi connectivity index (χ2v) is 3.92. The monoisotopic (exact) mass is 267 g/mol. The molecule has 1 aromatic heterocycles. The third-order valence-electron chi connectivity index (χ3n) is 2.56. The van der Waals surface area contributed by atoms with Crippen LogP contribution < -0.4 is 0 Å². The first-order valence-corrected chi connectivity index (χ1v) is 5.62. The maximum absolute atomic E-state index is 10.6. The highest BCUT2D eigenvalue weighted by atomic mass is 16.6. The van der Waals surface area contributed by atoms with Gasteiger partial charge in [0.15, 0.2) is 5.75 Å². The average molecular weight is 267 g/mol. The number of benzene rings is 1. The second kappa shape index (κ2) is 5.63. The van der Waals surface area contributed by atoms with Crippen molar-refractivity contribution in [2.45, 2.75) is 0 Å². The van der Waals surface area contributed by atoms with E-state index in [1.54, 1.807) is 24.3 Å². The summed E-state index contributed by atoms with van der Waals surface area (Å²) < 4.78 is 0. The van der Waals surface area contributed by atoms with Crippen LogP contribution in [0.25, 0.3) is 12.2 Å². The van der Waals surface area contributed by atoms with Crippen molar-refractivity contribution in [3.63, 3.8) is 0 Å². The smallest absolute Gasteiger partial charge is 0.310 e. The van der Waals surface area contributed by atoms with Crippen LogP contribution in [-0.2, 0) is 0 Å². The Labute approximate surface area is 114 Å². The Kier molecular flexibility index (Phi) is 3.72. The molecule has 0 atom stereocenters. The van der Waals surface area contributed by atoms with Gasteiger partial charge in [-0.15, -0.1) is 0 Å². The summed E-state index contributed by atoms with van der Waals surface area (Å²) in [5.41, 5.74) is 1.38.